The third-order valence-electron chi connectivity index (χ3n) is 1.14. The first-order valence-electron chi connectivity index (χ1n) is 4.53. The molecule has 0 radical (unpaired) electrons. The summed E-state index contributed by atoms with van der Waals surface area (Å²) in [4.78, 5) is 0. The molecule has 0 rings (SSSR count). The molecular formula is C10H14Cl2S2. The molecule has 80 valence electrons. The van der Waals surface area contributed by atoms with Crippen LogP contribution < -0.4 is 0 Å². The maximum Gasteiger partial charge on any atom is 0.116 e. The van der Waals surface area contributed by atoms with Gasteiger partial charge in [-0.25, -0.2) is 0 Å². The second-order valence-electron chi connectivity index (χ2n) is 2.51. The zero-order valence-corrected chi connectivity index (χ0v) is 11.5. The van der Waals surface area contributed by atoms with E-state index in [4.69, 9.17) is 23.2 Å². The van der Waals surface area contributed by atoms with Crippen molar-refractivity contribution < 1.29 is 0 Å². The van der Waals surface area contributed by atoms with E-state index in [0.717, 1.165) is 24.3 Å². The van der Waals surface area contributed by atoms with Crippen molar-refractivity contribution in [1.29, 1.82) is 0 Å². The van der Waals surface area contributed by atoms with E-state index in [-0.39, 0.29) is 0 Å². The van der Waals surface area contributed by atoms with E-state index in [1.807, 2.05) is 0 Å². The van der Waals surface area contributed by atoms with Crippen LogP contribution in [0.2, 0.25) is 0 Å². The van der Waals surface area contributed by atoms with Gasteiger partial charge in [0.15, 0.2) is 0 Å². The number of rotatable bonds is 5. The van der Waals surface area contributed by atoms with E-state index in [2.05, 4.69) is 25.0 Å². The minimum absolute atomic E-state index is 0.466. The van der Waals surface area contributed by atoms with E-state index in [9.17, 15) is 0 Å². The maximum absolute atomic E-state index is 5.92. The summed E-state index contributed by atoms with van der Waals surface area (Å²) in [5.41, 5.74) is 0. The second-order valence-corrected chi connectivity index (χ2v) is 5.50. The van der Waals surface area contributed by atoms with Gasteiger partial charge in [0.2, 0.25) is 0 Å². The molecule has 14 heavy (non-hydrogen) atoms. The molecule has 0 aromatic carbocycles. The lowest BCUT2D eigenvalue weighted by atomic mass is 10.6. The van der Waals surface area contributed by atoms with Gasteiger partial charge in [0, 0.05) is 5.75 Å². The Labute approximate surface area is 105 Å². The third kappa shape index (κ3) is 7.94. The van der Waals surface area contributed by atoms with Gasteiger partial charge in [0.05, 0.1) is 0 Å². The summed E-state index contributed by atoms with van der Waals surface area (Å²) >= 11 is 14.9. The van der Waals surface area contributed by atoms with Crippen LogP contribution in [0.1, 0.15) is 26.7 Å². The maximum atomic E-state index is 5.92. The smallest absolute Gasteiger partial charge is 0.112 e. The Balaban J connectivity index is 3.98. The molecule has 0 amide bonds. The van der Waals surface area contributed by atoms with Gasteiger partial charge in [-0.15, -0.1) is 11.8 Å². The molecule has 0 saturated heterocycles. The standard InChI is InChI=1S/C10H14Cl2S2/c1-3-6-13-8-5-9(11)10(12)14-7-4-2/h3-4,6-7H2,1-2H3/b10-9+. The Morgan fingerprint density at radius 3 is 2.36 bits per heavy atom. The number of thioether (sulfide) groups is 2. The molecule has 0 aromatic rings. The first-order chi connectivity index (χ1) is 6.72. The van der Waals surface area contributed by atoms with Crippen LogP contribution in [0.3, 0.4) is 0 Å². The summed E-state index contributed by atoms with van der Waals surface area (Å²) in [6, 6.07) is 0. The monoisotopic (exact) mass is 268 g/mol. The van der Waals surface area contributed by atoms with Crippen LogP contribution in [-0.4, -0.2) is 11.5 Å². The van der Waals surface area contributed by atoms with Crippen molar-refractivity contribution in [2.45, 2.75) is 26.7 Å². The Morgan fingerprint density at radius 1 is 1.14 bits per heavy atom. The van der Waals surface area contributed by atoms with Crippen LogP contribution in [-0.2, 0) is 0 Å². The fourth-order valence-corrected chi connectivity index (χ4v) is 2.13. The summed E-state index contributed by atoms with van der Waals surface area (Å²) in [6.07, 6.45) is 2.21. The molecule has 0 fully saturated rings. The molecule has 0 atom stereocenters. The minimum atomic E-state index is 0.466. The van der Waals surface area contributed by atoms with E-state index in [0.29, 0.717) is 9.40 Å². The van der Waals surface area contributed by atoms with E-state index in [1.165, 1.54) is 0 Å². The van der Waals surface area contributed by atoms with Crippen molar-refractivity contribution in [3.05, 3.63) is 9.40 Å². The van der Waals surface area contributed by atoms with Crippen molar-refractivity contribution in [3.63, 3.8) is 0 Å². The zero-order valence-electron chi connectivity index (χ0n) is 8.40. The lowest BCUT2D eigenvalue weighted by molar-refractivity contribution is 1.11. The largest absolute Gasteiger partial charge is 0.116 e. The van der Waals surface area contributed by atoms with Crippen molar-refractivity contribution in [2.24, 2.45) is 0 Å². The number of hydrogen-bond acceptors (Lipinski definition) is 2. The molecule has 0 nitrogen and oxygen atoms in total. The lowest BCUT2D eigenvalue weighted by Crippen LogP contribution is -1.75. The van der Waals surface area contributed by atoms with Crippen LogP contribution in [0, 0.1) is 11.2 Å². The van der Waals surface area contributed by atoms with Gasteiger partial charge < -0.3 is 0 Å². The fraction of sp³-hybridized carbons (Fsp3) is 0.600. The molecule has 0 bridgehead atoms. The Bertz CT molecular complexity index is 238. The highest BCUT2D eigenvalue weighted by Gasteiger charge is 1.98. The minimum Gasteiger partial charge on any atom is -0.112 e. The molecule has 0 spiro atoms. The van der Waals surface area contributed by atoms with Crippen LogP contribution in [0.5, 0.6) is 0 Å². The lowest BCUT2D eigenvalue weighted by Gasteiger charge is -1.95. The van der Waals surface area contributed by atoms with Gasteiger partial charge in [-0.2, -0.15) is 0 Å². The van der Waals surface area contributed by atoms with Crippen molar-refractivity contribution >= 4 is 46.7 Å². The molecule has 0 aliphatic carbocycles. The molecular weight excluding hydrogens is 255 g/mol. The topological polar surface area (TPSA) is 0 Å². The summed E-state index contributed by atoms with van der Waals surface area (Å²) in [5.74, 6) is 4.85. The van der Waals surface area contributed by atoms with E-state index in [1.54, 1.807) is 23.5 Å². The average Bonchev–Trinajstić information content (AvgIpc) is 2.20. The number of halogens is 2. The molecule has 0 aliphatic rings. The highest BCUT2D eigenvalue weighted by Crippen LogP contribution is 2.26. The average molecular weight is 269 g/mol. The predicted octanol–water partition coefficient (Wildman–Crippen LogP) is 4.88. The zero-order chi connectivity index (χ0) is 10.8. The number of allylic oxidation sites excluding steroid dienone is 1. The van der Waals surface area contributed by atoms with Crippen LogP contribution in [0.4, 0.5) is 0 Å². The molecule has 0 unspecified atom stereocenters. The van der Waals surface area contributed by atoms with Crippen LogP contribution >= 0.6 is 46.7 Å². The molecule has 0 aromatic heterocycles. The van der Waals surface area contributed by atoms with Crippen LogP contribution in [0.15, 0.2) is 9.40 Å². The SMILES string of the molecule is CCCSC#C/C(Cl)=C(/Cl)SCCC. The summed E-state index contributed by atoms with van der Waals surface area (Å²) in [7, 11) is 0. The summed E-state index contributed by atoms with van der Waals surface area (Å²) in [5, 5.41) is 3.39. The Kier molecular flexibility index (Phi) is 10.5. The van der Waals surface area contributed by atoms with Gasteiger partial charge >= 0.3 is 0 Å². The van der Waals surface area contributed by atoms with Crippen molar-refractivity contribution in [1.82, 2.24) is 0 Å². The van der Waals surface area contributed by atoms with Gasteiger partial charge in [-0.05, 0) is 29.8 Å². The third-order valence-corrected chi connectivity index (χ3v) is 4.08. The van der Waals surface area contributed by atoms with E-state index >= 15 is 0 Å². The fourth-order valence-electron chi connectivity index (χ4n) is 0.538. The molecule has 0 heterocycles. The Hall–Kier alpha value is 0.580. The van der Waals surface area contributed by atoms with Gasteiger partial charge in [-0.3, -0.25) is 0 Å². The van der Waals surface area contributed by atoms with Crippen molar-refractivity contribution in [2.75, 3.05) is 11.5 Å². The van der Waals surface area contributed by atoms with Gasteiger partial charge in [0.1, 0.15) is 9.40 Å². The quantitative estimate of drug-likeness (QED) is 0.515. The van der Waals surface area contributed by atoms with Gasteiger partial charge in [0.25, 0.3) is 0 Å². The van der Waals surface area contributed by atoms with Crippen LogP contribution in [0.25, 0.3) is 0 Å². The highest BCUT2D eigenvalue weighted by atomic mass is 35.5. The number of hydrogen-bond donors (Lipinski definition) is 0. The first kappa shape index (κ1) is 14.6. The predicted molar refractivity (Wildman–Crippen MR) is 72.0 cm³/mol. The normalized spacial score (nSPS) is 11.7. The first-order valence-corrected chi connectivity index (χ1v) is 7.25. The molecule has 0 saturated carbocycles. The second kappa shape index (κ2) is 10.1. The molecule has 0 N–H and O–H groups in total. The van der Waals surface area contributed by atoms with Gasteiger partial charge in [-0.1, -0.05) is 48.8 Å². The highest BCUT2D eigenvalue weighted by molar-refractivity contribution is 8.04. The Morgan fingerprint density at radius 2 is 1.79 bits per heavy atom. The summed E-state index contributed by atoms with van der Waals surface area (Å²) in [6.45, 7) is 4.23. The summed E-state index contributed by atoms with van der Waals surface area (Å²) < 4.78 is 0.609. The van der Waals surface area contributed by atoms with E-state index < -0.39 is 0 Å². The molecule has 4 heteroatoms. The van der Waals surface area contributed by atoms with Crippen molar-refractivity contribution in [3.8, 4) is 11.2 Å². The molecule has 0 aliphatic heterocycles.